The molecule has 0 unspecified atom stereocenters. The Morgan fingerprint density at radius 1 is 1.10 bits per heavy atom. The third-order valence-corrected chi connectivity index (χ3v) is 2.96. The summed E-state index contributed by atoms with van der Waals surface area (Å²) < 4.78 is 15.2. The molecule has 0 aliphatic heterocycles. The first-order chi connectivity index (χ1) is 10.2. The van der Waals surface area contributed by atoms with E-state index in [1.54, 1.807) is 30.3 Å². The zero-order chi connectivity index (χ0) is 14.8. The molecule has 0 amide bonds. The number of hydrogen-bond donors (Lipinski definition) is 0. The van der Waals surface area contributed by atoms with Gasteiger partial charge in [-0.05, 0) is 24.3 Å². The first kappa shape index (κ1) is 12.9. The summed E-state index contributed by atoms with van der Waals surface area (Å²) in [6, 6.07) is 12.0. The Labute approximate surface area is 118 Å². The van der Waals surface area contributed by atoms with Crippen LogP contribution in [0.25, 0.3) is 17.1 Å². The van der Waals surface area contributed by atoms with Crippen molar-refractivity contribution in [1.82, 2.24) is 14.8 Å². The average Bonchev–Trinajstić information content (AvgIpc) is 2.97. The van der Waals surface area contributed by atoms with Gasteiger partial charge in [-0.1, -0.05) is 12.1 Å². The van der Waals surface area contributed by atoms with Crippen LogP contribution in [-0.2, 0) is 0 Å². The van der Waals surface area contributed by atoms with Crippen LogP contribution in [0.15, 0.2) is 54.9 Å². The molecule has 3 rings (SSSR count). The number of nitro benzene ring substituents is 1. The van der Waals surface area contributed by atoms with Gasteiger partial charge in [-0.3, -0.25) is 10.1 Å². The van der Waals surface area contributed by atoms with Crippen molar-refractivity contribution in [3.8, 4) is 17.1 Å². The molecule has 0 atom stereocenters. The Hall–Kier alpha value is -3.09. The number of nitrogens with zero attached hydrogens (tertiary/aromatic N) is 4. The molecule has 0 saturated heterocycles. The van der Waals surface area contributed by atoms with Gasteiger partial charge in [0, 0.05) is 17.7 Å². The second-order valence-corrected chi connectivity index (χ2v) is 4.25. The van der Waals surface area contributed by atoms with Gasteiger partial charge in [0.2, 0.25) is 0 Å². The number of para-hydroxylation sites is 1. The molecule has 3 aromatic rings. The van der Waals surface area contributed by atoms with Gasteiger partial charge in [0.1, 0.15) is 17.8 Å². The quantitative estimate of drug-likeness (QED) is 0.547. The molecular formula is C14H9FN4O2. The zero-order valence-electron chi connectivity index (χ0n) is 10.7. The highest BCUT2D eigenvalue weighted by Gasteiger charge is 2.13. The third kappa shape index (κ3) is 2.36. The standard InChI is InChI=1S/C14H9FN4O2/c15-12-3-1-2-4-13(12)18-14(16-9-17-18)10-5-7-11(8-6-10)19(20)21/h1-9H. The Morgan fingerprint density at radius 3 is 2.48 bits per heavy atom. The smallest absolute Gasteiger partial charge is 0.258 e. The summed E-state index contributed by atoms with van der Waals surface area (Å²) in [4.78, 5) is 14.3. The normalized spacial score (nSPS) is 10.5. The van der Waals surface area contributed by atoms with E-state index in [1.165, 1.54) is 29.2 Å². The molecule has 0 spiro atoms. The minimum Gasteiger partial charge on any atom is -0.258 e. The molecule has 1 aromatic heterocycles. The van der Waals surface area contributed by atoms with Crippen molar-refractivity contribution < 1.29 is 9.31 Å². The predicted molar refractivity (Wildman–Crippen MR) is 73.4 cm³/mol. The van der Waals surface area contributed by atoms with E-state index in [1.807, 2.05) is 0 Å². The fraction of sp³-hybridized carbons (Fsp3) is 0. The van der Waals surface area contributed by atoms with E-state index in [9.17, 15) is 14.5 Å². The highest BCUT2D eigenvalue weighted by molar-refractivity contribution is 5.59. The summed E-state index contributed by atoms with van der Waals surface area (Å²) in [5, 5.41) is 14.7. The number of non-ortho nitro benzene ring substituents is 1. The van der Waals surface area contributed by atoms with E-state index >= 15 is 0 Å². The number of aromatic nitrogens is 3. The van der Waals surface area contributed by atoms with Crippen molar-refractivity contribution in [3.63, 3.8) is 0 Å². The zero-order valence-corrected chi connectivity index (χ0v) is 10.7. The van der Waals surface area contributed by atoms with Crippen molar-refractivity contribution in [3.05, 3.63) is 70.8 Å². The Bertz CT molecular complexity index is 799. The summed E-state index contributed by atoms with van der Waals surface area (Å²) in [5.74, 6) is -0.0128. The van der Waals surface area contributed by atoms with Crippen LogP contribution in [0.3, 0.4) is 0 Å². The maximum atomic E-state index is 13.8. The third-order valence-electron chi connectivity index (χ3n) is 2.96. The molecule has 7 heteroatoms. The van der Waals surface area contributed by atoms with Crippen LogP contribution < -0.4 is 0 Å². The second-order valence-electron chi connectivity index (χ2n) is 4.25. The average molecular weight is 284 g/mol. The number of benzene rings is 2. The first-order valence-corrected chi connectivity index (χ1v) is 6.06. The van der Waals surface area contributed by atoms with Crippen LogP contribution >= 0.6 is 0 Å². The lowest BCUT2D eigenvalue weighted by Gasteiger charge is -2.06. The summed E-state index contributed by atoms with van der Waals surface area (Å²) >= 11 is 0. The van der Waals surface area contributed by atoms with Crippen LogP contribution in [0.2, 0.25) is 0 Å². The van der Waals surface area contributed by atoms with Gasteiger partial charge in [0.25, 0.3) is 5.69 Å². The second kappa shape index (κ2) is 5.12. The van der Waals surface area contributed by atoms with Gasteiger partial charge >= 0.3 is 0 Å². The molecule has 0 aliphatic rings. The molecule has 6 nitrogen and oxygen atoms in total. The molecule has 0 aliphatic carbocycles. The van der Waals surface area contributed by atoms with E-state index in [0.717, 1.165) is 0 Å². The molecule has 0 saturated carbocycles. The highest BCUT2D eigenvalue weighted by atomic mass is 19.1. The van der Waals surface area contributed by atoms with Crippen LogP contribution in [0.4, 0.5) is 10.1 Å². The number of hydrogen-bond acceptors (Lipinski definition) is 4. The van der Waals surface area contributed by atoms with Gasteiger partial charge in [-0.15, -0.1) is 0 Å². The number of halogens is 1. The topological polar surface area (TPSA) is 73.8 Å². The first-order valence-electron chi connectivity index (χ1n) is 6.06. The molecule has 21 heavy (non-hydrogen) atoms. The Balaban J connectivity index is 2.07. The summed E-state index contributed by atoms with van der Waals surface area (Å²) in [6.07, 6.45) is 1.31. The SMILES string of the molecule is O=[N+]([O-])c1ccc(-c2ncnn2-c2ccccc2F)cc1. The number of rotatable bonds is 3. The van der Waals surface area contributed by atoms with Crippen molar-refractivity contribution in [2.75, 3.05) is 0 Å². The summed E-state index contributed by atoms with van der Waals surface area (Å²) in [7, 11) is 0. The van der Waals surface area contributed by atoms with Gasteiger partial charge in [-0.2, -0.15) is 5.10 Å². The van der Waals surface area contributed by atoms with Crippen molar-refractivity contribution in [2.45, 2.75) is 0 Å². The molecule has 0 N–H and O–H groups in total. The molecule has 0 radical (unpaired) electrons. The molecule has 0 fully saturated rings. The van der Waals surface area contributed by atoms with E-state index in [0.29, 0.717) is 11.4 Å². The molecule has 1 heterocycles. The van der Waals surface area contributed by atoms with Crippen LogP contribution in [0.5, 0.6) is 0 Å². The lowest BCUT2D eigenvalue weighted by molar-refractivity contribution is -0.384. The van der Waals surface area contributed by atoms with Crippen molar-refractivity contribution in [1.29, 1.82) is 0 Å². The van der Waals surface area contributed by atoms with Crippen LogP contribution in [0, 0.1) is 15.9 Å². The molecular weight excluding hydrogens is 275 g/mol. The van der Waals surface area contributed by atoms with E-state index in [4.69, 9.17) is 0 Å². The lowest BCUT2D eigenvalue weighted by atomic mass is 10.2. The minimum absolute atomic E-state index is 0.0179. The highest BCUT2D eigenvalue weighted by Crippen LogP contribution is 2.23. The van der Waals surface area contributed by atoms with E-state index in [-0.39, 0.29) is 11.4 Å². The Kier molecular flexibility index (Phi) is 3.15. The summed E-state index contributed by atoms with van der Waals surface area (Å²) in [6.45, 7) is 0. The van der Waals surface area contributed by atoms with Gasteiger partial charge in [-0.25, -0.2) is 14.1 Å². The number of nitro groups is 1. The van der Waals surface area contributed by atoms with Crippen LogP contribution in [0.1, 0.15) is 0 Å². The van der Waals surface area contributed by atoms with Gasteiger partial charge in [0.05, 0.1) is 4.92 Å². The fourth-order valence-corrected chi connectivity index (χ4v) is 1.97. The lowest BCUT2D eigenvalue weighted by Crippen LogP contribution is -2.02. The van der Waals surface area contributed by atoms with Crippen LogP contribution in [-0.4, -0.2) is 19.7 Å². The maximum Gasteiger partial charge on any atom is 0.269 e. The molecule has 0 bridgehead atoms. The predicted octanol–water partition coefficient (Wildman–Crippen LogP) is 2.98. The molecule has 2 aromatic carbocycles. The largest absolute Gasteiger partial charge is 0.269 e. The fourth-order valence-electron chi connectivity index (χ4n) is 1.97. The van der Waals surface area contributed by atoms with Crippen molar-refractivity contribution >= 4 is 5.69 Å². The minimum atomic E-state index is -0.481. The van der Waals surface area contributed by atoms with E-state index < -0.39 is 10.7 Å². The molecule has 104 valence electrons. The Morgan fingerprint density at radius 2 is 1.81 bits per heavy atom. The van der Waals surface area contributed by atoms with Gasteiger partial charge in [0.15, 0.2) is 5.82 Å². The summed E-state index contributed by atoms with van der Waals surface area (Å²) in [5.41, 5.74) is 0.861. The van der Waals surface area contributed by atoms with Gasteiger partial charge < -0.3 is 0 Å². The van der Waals surface area contributed by atoms with E-state index in [2.05, 4.69) is 10.1 Å². The maximum absolute atomic E-state index is 13.8. The monoisotopic (exact) mass is 284 g/mol. The van der Waals surface area contributed by atoms with Crippen molar-refractivity contribution in [2.24, 2.45) is 0 Å².